The number of nitrogens with zero attached hydrogens (tertiary/aromatic N) is 2. The van der Waals surface area contributed by atoms with Crippen molar-refractivity contribution in [3.05, 3.63) is 22.4 Å². The predicted molar refractivity (Wildman–Crippen MR) is 97.9 cm³/mol. The third kappa shape index (κ3) is 4.92. The van der Waals surface area contributed by atoms with E-state index in [1.807, 2.05) is 16.3 Å². The van der Waals surface area contributed by atoms with Gasteiger partial charge in [-0.25, -0.2) is 0 Å². The van der Waals surface area contributed by atoms with Gasteiger partial charge in [0.25, 0.3) is 5.91 Å². The maximum absolute atomic E-state index is 12.3. The molecule has 24 heavy (non-hydrogen) atoms. The number of rotatable bonds is 5. The van der Waals surface area contributed by atoms with E-state index in [4.69, 9.17) is 0 Å². The number of piperazine rings is 1. The van der Waals surface area contributed by atoms with Gasteiger partial charge in [0.05, 0.1) is 4.88 Å². The molecule has 6 nitrogen and oxygen atoms in total. The van der Waals surface area contributed by atoms with E-state index in [1.165, 1.54) is 11.3 Å². The van der Waals surface area contributed by atoms with Gasteiger partial charge in [-0.05, 0) is 17.9 Å². The van der Waals surface area contributed by atoms with E-state index in [0.717, 1.165) is 45.7 Å². The Morgan fingerprint density at radius 3 is 2.79 bits per heavy atom. The zero-order chi connectivity index (χ0) is 16.1. The van der Waals surface area contributed by atoms with Gasteiger partial charge in [0.1, 0.15) is 0 Å². The number of carbonyl (C=O) groups excluding carboxylic acids is 2. The van der Waals surface area contributed by atoms with Crippen LogP contribution in [0.3, 0.4) is 0 Å². The molecule has 0 spiro atoms. The lowest BCUT2D eigenvalue weighted by Crippen LogP contribution is -2.49. The maximum Gasteiger partial charge on any atom is 0.261 e. The van der Waals surface area contributed by atoms with Gasteiger partial charge >= 0.3 is 0 Å². The molecule has 0 aliphatic carbocycles. The number of amides is 2. The summed E-state index contributed by atoms with van der Waals surface area (Å²) in [6, 6.07) is 4.15. The van der Waals surface area contributed by atoms with Gasteiger partial charge in [-0.3, -0.25) is 14.5 Å². The van der Waals surface area contributed by atoms with Crippen LogP contribution in [0.1, 0.15) is 22.5 Å². The van der Waals surface area contributed by atoms with Crippen molar-refractivity contribution in [3.8, 4) is 0 Å². The van der Waals surface area contributed by atoms with Crippen LogP contribution in [-0.4, -0.2) is 73.5 Å². The molecule has 2 fully saturated rings. The number of likely N-dealkylation sites (tertiary alicyclic amines) is 1. The van der Waals surface area contributed by atoms with Gasteiger partial charge in [0, 0.05) is 58.3 Å². The van der Waals surface area contributed by atoms with E-state index in [2.05, 4.69) is 15.5 Å². The summed E-state index contributed by atoms with van der Waals surface area (Å²) in [5, 5.41) is 8.06. The first kappa shape index (κ1) is 19.2. The molecule has 3 heterocycles. The summed E-state index contributed by atoms with van der Waals surface area (Å²) in [6.45, 7) is 6.31. The van der Waals surface area contributed by atoms with Crippen molar-refractivity contribution < 1.29 is 9.59 Å². The zero-order valence-corrected chi connectivity index (χ0v) is 15.3. The van der Waals surface area contributed by atoms with E-state index < -0.39 is 0 Å². The van der Waals surface area contributed by atoms with Crippen LogP contribution in [0.2, 0.25) is 0 Å². The predicted octanol–water partition coefficient (Wildman–Crippen LogP) is 0.796. The number of hydrogen-bond donors (Lipinski definition) is 2. The van der Waals surface area contributed by atoms with Crippen LogP contribution >= 0.6 is 23.7 Å². The average molecular weight is 373 g/mol. The highest BCUT2D eigenvalue weighted by Gasteiger charge is 2.30. The zero-order valence-electron chi connectivity index (χ0n) is 13.7. The quantitative estimate of drug-likeness (QED) is 0.802. The molecule has 2 amide bonds. The number of nitrogens with one attached hydrogen (secondary N) is 2. The van der Waals surface area contributed by atoms with Gasteiger partial charge < -0.3 is 15.5 Å². The number of hydrogen-bond acceptors (Lipinski definition) is 5. The fourth-order valence-corrected chi connectivity index (χ4v) is 3.89. The fraction of sp³-hybridized carbons (Fsp3) is 0.625. The van der Waals surface area contributed by atoms with Gasteiger partial charge in [-0.2, -0.15) is 0 Å². The Hall–Kier alpha value is -1.15. The van der Waals surface area contributed by atoms with Crippen LogP contribution in [0.15, 0.2) is 17.5 Å². The maximum atomic E-state index is 12.3. The Kier molecular flexibility index (Phi) is 7.48. The van der Waals surface area contributed by atoms with Crippen molar-refractivity contribution in [3.63, 3.8) is 0 Å². The van der Waals surface area contributed by atoms with Crippen molar-refractivity contribution in [1.29, 1.82) is 0 Å². The van der Waals surface area contributed by atoms with E-state index in [0.29, 0.717) is 23.9 Å². The molecule has 0 saturated carbocycles. The first-order chi connectivity index (χ1) is 11.2. The Morgan fingerprint density at radius 1 is 1.29 bits per heavy atom. The molecule has 0 radical (unpaired) electrons. The first-order valence-electron chi connectivity index (χ1n) is 8.28. The minimum absolute atomic E-state index is 0. The minimum Gasteiger partial charge on any atom is -0.351 e. The third-order valence-corrected chi connectivity index (χ3v) is 5.42. The summed E-state index contributed by atoms with van der Waals surface area (Å²) in [6.07, 6.45) is 1.44. The Labute approximate surface area is 153 Å². The van der Waals surface area contributed by atoms with Gasteiger partial charge in [0.2, 0.25) is 5.91 Å². The minimum atomic E-state index is -0.0899. The van der Waals surface area contributed by atoms with Gasteiger partial charge in [0.15, 0.2) is 0 Å². The molecule has 1 atom stereocenters. The first-order valence-corrected chi connectivity index (χ1v) is 9.16. The van der Waals surface area contributed by atoms with Crippen molar-refractivity contribution in [2.75, 3.05) is 45.8 Å². The molecular weight excluding hydrogens is 348 g/mol. The molecule has 0 bridgehead atoms. The van der Waals surface area contributed by atoms with Crippen LogP contribution in [-0.2, 0) is 4.79 Å². The fourth-order valence-electron chi connectivity index (χ4n) is 3.25. The highest BCUT2D eigenvalue weighted by molar-refractivity contribution is 7.12. The van der Waals surface area contributed by atoms with Crippen LogP contribution in [0, 0.1) is 0 Å². The van der Waals surface area contributed by atoms with Gasteiger partial charge in [-0.15, -0.1) is 23.7 Å². The lowest BCUT2D eigenvalue weighted by Gasteiger charge is -2.32. The largest absolute Gasteiger partial charge is 0.351 e. The molecule has 1 aromatic heterocycles. The van der Waals surface area contributed by atoms with Gasteiger partial charge in [-0.1, -0.05) is 6.07 Å². The highest BCUT2D eigenvalue weighted by Crippen LogP contribution is 2.17. The lowest BCUT2D eigenvalue weighted by molar-refractivity contribution is -0.130. The SMILES string of the molecule is Cl.O=C(NCCC(=O)N1CCC(N2CCNCC2)C1)c1cccs1. The Balaban J connectivity index is 0.00000208. The van der Waals surface area contributed by atoms with Crippen LogP contribution < -0.4 is 10.6 Å². The molecule has 2 saturated heterocycles. The second-order valence-electron chi connectivity index (χ2n) is 6.05. The van der Waals surface area contributed by atoms with Crippen LogP contribution in [0.25, 0.3) is 0 Å². The number of thiophene rings is 1. The molecule has 2 aliphatic heterocycles. The highest BCUT2D eigenvalue weighted by atomic mass is 35.5. The second kappa shape index (κ2) is 9.36. The average Bonchev–Trinajstić information content (AvgIpc) is 3.27. The molecule has 8 heteroatoms. The standard InChI is InChI=1S/C16H24N4O2S.ClH/c21-15(3-5-18-16(22)14-2-1-11-23-14)20-8-4-13(12-20)19-9-6-17-7-10-19;/h1-2,11,13,17H,3-10,12H2,(H,18,22);1H. The number of carbonyl (C=O) groups is 2. The normalized spacial score (nSPS) is 21.3. The summed E-state index contributed by atoms with van der Waals surface area (Å²) < 4.78 is 0. The molecule has 1 unspecified atom stereocenters. The molecule has 0 aromatic carbocycles. The van der Waals surface area contributed by atoms with E-state index >= 15 is 0 Å². The van der Waals surface area contributed by atoms with Crippen LogP contribution in [0.4, 0.5) is 0 Å². The van der Waals surface area contributed by atoms with Crippen molar-refractivity contribution in [1.82, 2.24) is 20.4 Å². The second-order valence-corrected chi connectivity index (χ2v) is 7.00. The molecule has 2 N–H and O–H groups in total. The summed E-state index contributed by atoms with van der Waals surface area (Å²) in [5.74, 6) is 0.0574. The topological polar surface area (TPSA) is 64.7 Å². The van der Waals surface area contributed by atoms with Crippen molar-refractivity contribution >= 4 is 35.6 Å². The monoisotopic (exact) mass is 372 g/mol. The molecule has 1 aromatic rings. The molecule has 3 rings (SSSR count). The smallest absolute Gasteiger partial charge is 0.261 e. The molecular formula is C16H25ClN4O2S. The van der Waals surface area contributed by atoms with E-state index in [1.54, 1.807) is 6.07 Å². The van der Waals surface area contributed by atoms with Crippen LogP contribution in [0.5, 0.6) is 0 Å². The number of halogens is 1. The molecule has 2 aliphatic rings. The summed E-state index contributed by atoms with van der Waals surface area (Å²) >= 11 is 1.41. The van der Waals surface area contributed by atoms with E-state index in [9.17, 15) is 9.59 Å². The summed E-state index contributed by atoms with van der Waals surface area (Å²) in [4.78, 5) is 29.2. The summed E-state index contributed by atoms with van der Waals surface area (Å²) in [5.41, 5.74) is 0. The Morgan fingerprint density at radius 2 is 2.08 bits per heavy atom. The Bertz CT molecular complexity index is 534. The molecule has 134 valence electrons. The third-order valence-electron chi connectivity index (χ3n) is 4.55. The van der Waals surface area contributed by atoms with E-state index in [-0.39, 0.29) is 24.2 Å². The van der Waals surface area contributed by atoms with Crippen molar-refractivity contribution in [2.24, 2.45) is 0 Å². The van der Waals surface area contributed by atoms with Crippen molar-refractivity contribution in [2.45, 2.75) is 18.9 Å². The lowest BCUT2D eigenvalue weighted by atomic mass is 10.2. The summed E-state index contributed by atoms with van der Waals surface area (Å²) in [7, 11) is 0.